The van der Waals surface area contributed by atoms with Gasteiger partial charge in [0.15, 0.2) is 5.16 Å². The predicted octanol–water partition coefficient (Wildman–Crippen LogP) is 3.37. The first kappa shape index (κ1) is 21.4. The Balaban J connectivity index is 1.33. The number of aromatic nitrogens is 3. The average molecular weight is 437 g/mol. The molecule has 0 bridgehead atoms. The zero-order valence-electron chi connectivity index (χ0n) is 18.2. The predicted molar refractivity (Wildman–Crippen MR) is 126 cm³/mol. The summed E-state index contributed by atoms with van der Waals surface area (Å²) in [6.45, 7) is 8.21. The summed E-state index contributed by atoms with van der Waals surface area (Å²) in [5.74, 6) is 1.16. The second-order valence-electron chi connectivity index (χ2n) is 7.88. The van der Waals surface area contributed by atoms with Crippen molar-refractivity contribution in [3.63, 3.8) is 0 Å². The molecule has 162 valence electrons. The van der Waals surface area contributed by atoms with E-state index in [-0.39, 0.29) is 11.7 Å². The van der Waals surface area contributed by atoms with E-state index in [0.717, 1.165) is 42.8 Å². The molecule has 3 aromatic rings. The molecule has 1 saturated heterocycles. The molecule has 1 aliphatic rings. The Bertz CT molecular complexity index is 1040. The van der Waals surface area contributed by atoms with Crippen molar-refractivity contribution in [3.8, 4) is 5.69 Å². The maximum absolute atomic E-state index is 12.5. The first-order chi connectivity index (χ1) is 15.0. The van der Waals surface area contributed by atoms with Gasteiger partial charge in [-0.05, 0) is 56.3 Å². The smallest absolute Gasteiger partial charge is 0.234 e. The van der Waals surface area contributed by atoms with Gasteiger partial charge in [0.05, 0.1) is 17.6 Å². The van der Waals surface area contributed by atoms with Crippen LogP contribution in [0.15, 0.2) is 54.1 Å². The maximum Gasteiger partial charge on any atom is 0.234 e. The zero-order chi connectivity index (χ0) is 21.8. The SMILES string of the molecule is Cc1ccc(-n2ccnc2SCC(=O)Nc2ccc(N3CCN(C)CC3)nc2)cc1C. The number of nitrogens with zero attached hydrogens (tertiary/aromatic N) is 5. The van der Waals surface area contributed by atoms with E-state index in [0.29, 0.717) is 5.69 Å². The van der Waals surface area contributed by atoms with Crippen LogP contribution >= 0.6 is 11.8 Å². The van der Waals surface area contributed by atoms with Gasteiger partial charge in [0.2, 0.25) is 5.91 Å². The van der Waals surface area contributed by atoms with Gasteiger partial charge in [-0.15, -0.1) is 0 Å². The van der Waals surface area contributed by atoms with E-state index < -0.39 is 0 Å². The largest absolute Gasteiger partial charge is 0.354 e. The van der Waals surface area contributed by atoms with Crippen LogP contribution < -0.4 is 10.2 Å². The molecule has 0 aliphatic carbocycles. The Hall–Kier alpha value is -2.84. The van der Waals surface area contributed by atoms with Crippen molar-refractivity contribution in [2.75, 3.05) is 49.2 Å². The molecule has 0 atom stereocenters. The number of aryl methyl sites for hydroxylation is 2. The molecule has 1 N–H and O–H groups in total. The van der Waals surface area contributed by atoms with Crippen LogP contribution in [-0.2, 0) is 4.79 Å². The molecular formula is C23H28N6OS. The third-order valence-corrected chi connectivity index (χ3v) is 6.53. The summed E-state index contributed by atoms with van der Waals surface area (Å²) in [4.78, 5) is 26.0. The monoisotopic (exact) mass is 436 g/mol. The van der Waals surface area contributed by atoms with Gasteiger partial charge in [-0.25, -0.2) is 9.97 Å². The van der Waals surface area contributed by atoms with Crippen molar-refractivity contribution in [2.24, 2.45) is 0 Å². The Morgan fingerprint density at radius 1 is 1.06 bits per heavy atom. The van der Waals surface area contributed by atoms with Gasteiger partial charge < -0.3 is 15.1 Å². The Labute approximate surface area is 187 Å². The van der Waals surface area contributed by atoms with E-state index >= 15 is 0 Å². The summed E-state index contributed by atoms with van der Waals surface area (Å²) < 4.78 is 2.01. The quantitative estimate of drug-likeness (QED) is 0.598. The standard InChI is InChI=1S/C23H28N6OS/c1-17-4-6-20(14-18(17)2)29-9-8-24-23(29)31-16-22(30)26-19-5-7-21(25-15-19)28-12-10-27(3)11-13-28/h4-9,14-15H,10-13,16H2,1-3H3,(H,26,30). The van der Waals surface area contributed by atoms with E-state index in [9.17, 15) is 4.79 Å². The zero-order valence-corrected chi connectivity index (χ0v) is 19.0. The minimum atomic E-state index is -0.0752. The fraction of sp³-hybridized carbons (Fsp3) is 0.348. The molecule has 1 aliphatic heterocycles. The number of thioether (sulfide) groups is 1. The van der Waals surface area contributed by atoms with Gasteiger partial charge in [-0.1, -0.05) is 17.8 Å². The van der Waals surface area contributed by atoms with Crippen LogP contribution in [-0.4, -0.2) is 64.3 Å². The lowest BCUT2D eigenvalue weighted by molar-refractivity contribution is -0.113. The number of anilines is 2. The molecule has 0 saturated carbocycles. The summed E-state index contributed by atoms with van der Waals surface area (Å²) in [6.07, 6.45) is 5.41. The molecule has 1 amide bonds. The van der Waals surface area contributed by atoms with E-state index in [1.54, 1.807) is 12.4 Å². The van der Waals surface area contributed by atoms with Gasteiger partial charge in [-0.3, -0.25) is 9.36 Å². The number of nitrogens with one attached hydrogen (secondary N) is 1. The van der Waals surface area contributed by atoms with Crippen LogP contribution in [0.25, 0.3) is 5.69 Å². The van der Waals surface area contributed by atoms with E-state index in [1.165, 1.54) is 22.9 Å². The Morgan fingerprint density at radius 3 is 2.58 bits per heavy atom. The number of imidazole rings is 1. The number of pyridine rings is 1. The molecule has 2 aromatic heterocycles. The molecule has 8 heteroatoms. The number of benzene rings is 1. The van der Waals surface area contributed by atoms with Gasteiger partial charge in [0.25, 0.3) is 0 Å². The highest BCUT2D eigenvalue weighted by molar-refractivity contribution is 7.99. The first-order valence-electron chi connectivity index (χ1n) is 10.4. The molecule has 1 aromatic carbocycles. The number of carbonyl (C=O) groups excluding carboxylic acids is 1. The number of hydrogen-bond donors (Lipinski definition) is 1. The minimum absolute atomic E-state index is 0.0752. The van der Waals surface area contributed by atoms with Crippen LogP contribution in [0, 0.1) is 13.8 Å². The second kappa shape index (κ2) is 9.53. The fourth-order valence-electron chi connectivity index (χ4n) is 3.48. The number of piperazine rings is 1. The van der Waals surface area contributed by atoms with Crippen LogP contribution in [0.5, 0.6) is 0 Å². The van der Waals surface area contributed by atoms with E-state index in [1.807, 2.05) is 22.9 Å². The van der Waals surface area contributed by atoms with Crippen molar-refractivity contribution in [1.82, 2.24) is 19.4 Å². The van der Waals surface area contributed by atoms with Crippen LogP contribution in [0.2, 0.25) is 0 Å². The highest BCUT2D eigenvalue weighted by Gasteiger charge is 2.15. The van der Waals surface area contributed by atoms with Crippen molar-refractivity contribution >= 4 is 29.2 Å². The van der Waals surface area contributed by atoms with Crippen molar-refractivity contribution in [1.29, 1.82) is 0 Å². The summed E-state index contributed by atoms with van der Waals surface area (Å²) >= 11 is 1.42. The van der Waals surface area contributed by atoms with Gasteiger partial charge in [0, 0.05) is 44.3 Å². The number of likely N-dealkylation sites (N-methyl/N-ethyl adjacent to an activating group) is 1. The number of carbonyl (C=O) groups is 1. The minimum Gasteiger partial charge on any atom is -0.354 e. The molecular weight excluding hydrogens is 408 g/mol. The Morgan fingerprint density at radius 2 is 1.87 bits per heavy atom. The van der Waals surface area contributed by atoms with Crippen molar-refractivity contribution in [3.05, 3.63) is 60.0 Å². The summed E-state index contributed by atoms with van der Waals surface area (Å²) in [5.41, 5.74) is 4.24. The van der Waals surface area contributed by atoms with Crippen molar-refractivity contribution < 1.29 is 4.79 Å². The summed E-state index contributed by atoms with van der Waals surface area (Å²) in [5, 5.41) is 3.72. The van der Waals surface area contributed by atoms with Crippen LogP contribution in [0.4, 0.5) is 11.5 Å². The second-order valence-corrected chi connectivity index (χ2v) is 8.82. The van der Waals surface area contributed by atoms with Crippen LogP contribution in [0.1, 0.15) is 11.1 Å². The third kappa shape index (κ3) is 5.26. The lowest BCUT2D eigenvalue weighted by Crippen LogP contribution is -2.44. The van der Waals surface area contributed by atoms with Gasteiger partial charge in [0.1, 0.15) is 5.82 Å². The first-order valence-corrected chi connectivity index (χ1v) is 11.4. The van der Waals surface area contributed by atoms with Gasteiger partial charge in [-0.2, -0.15) is 0 Å². The molecule has 3 heterocycles. The molecule has 7 nitrogen and oxygen atoms in total. The molecule has 0 spiro atoms. The number of hydrogen-bond acceptors (Lipinski definition) is 6. The normalized spacial score (nSPS) is 14.6. The Kier molecular flexibility index (Phi) is 6.58. The maximum atomic E-state index is 12.5. The highest BCUT2D eigenvalue weighted by atomic mass is 32.2. The third-order valence-electron chi connectivity index (χ3n) is 5.57. The van der Waals surface area contributed by atoms with Crippen molar-refractivity contribution in [2.45, 2.75) is 19.0 Å². The molecule has 0 unspecified atom stereocenters. The van der Waals surface area contributed by atoms with Crippen LogP contribution in [0.3, 0.4) is 0 Å². The summed E-state index contributed by atoms with van der Waals surface area (Å²) in [6, 6.07) is 10.2. The number of amides is 1. The average Bonchev–Trinajstić information content (AvgIpc) is 3.24. The number of rotatable bonds is 6. The molecule has 0 radical (unpaired) electrons. The fourth-order valence-corrected chi connectivity index (χ4v) is 4.25. The summed E-state index contributed by atoms with van der Waals surface area (Å²) in [7, 11) is 2.13. The van der Waals surface area contributed by atoms with E-state index in [2.05, 4.69) is 64.2 Å². The lowest BCUT2D eigenvalue weighted by atomic mass is 10.1. The van der Waals surface area contributed by atoms with E-state index in [4.69, 9.17) is 0 Å². The lowest BCUT2D eigenvalue weighted by Gasteiger charge is -2.33. The topological polar surface area (TPSA) is 66.3 Å². The van der Waals surface area contributed by atoms with Gasteiger partial charge >= 0.3 is 0 Å². The molecule has 31 heavy (non-hydrogen) atoms. The molecule has 1 fully saturated rings. The highest BCUT2D eigenvalue weighted by Crippen LogP contribution is 2.23. The molecule has 4 rings (SSSR count).